The molecule has 6 heteroatoms. The molecule has 2 unspecified atom stereocenters. The van der Waals surface area contributed by atoms with Crippen LogP contribution in [0.4, 0.5) is 0 Å². The summed E-state index contributed by atoms with van der Waals surface area (Å²) in [6, 6.07) is 7.31. The minimum Gasteiger partial charge on any atom is -0.479 e. The molecule has 5 nitrogen and oxygen atoms in total. The van der Waals surface area contributed by atoms with Gasteiger partial charge in [0.2, 0.25) is 5.91 Å². The molecule has 1 aliphatic rings. The number of amides is 1. The van der Waals surface area contributed by atoms with Crippen molar-refractivity contribution in [2.75, 3.05) is 13.2 Å². The first-order valence-corrected chi connectivity index (χ1v) is 7.19. The monoisotopic (exact) mass is 311 g/mol. The first-order valence-electron chi connectivity index (χ1n) is 6.81. The minimum atomic E-state index is -1.30. The van der Waals surface area contributed by atoms with E-state index >= 15 is 0 Å². The average molecular weight is 312 g/mol. The molecule has 0 spiro atoms. The topological polar surface area (TPSA) is 75.6 Å². The molecule has 0 saturated carbocycles. The molecular formula is C15H18ClNO4. The molecule has 1 fully saturated rings. The molecule has 1 amide bonds. The van der Waals surface area contributed by atoms with Crippen molar-refractivity contribution >= 4 is 23.5 Å². The lowest BCUT2D eigenvalue weighted by atomic mass is 9.95. The van der Waals surface area contributed by atoms with Crippen LogP contribution < -0.4 is 5.32 Å². The summed E-state index contributed by atoms with van der Waals surface area (Å²) in [5.74, 6) is -1.73. The van der Waals surface area contributed by atoms with E-state index < -0.39 is 11.5 Å². The van der Waals surface area contributed by atoms with Gasteiger partial charge in [-0.3, -0.25) is 4.79 Å². The number of carboxylic acids is 1. The van der Waals surface area contributed by atoms with Crippen LogP contribution in [0.2, 0.25) is 5.02 Å². The number of carboxylic acid groups (broad SMARTS) is 1. The lowest BCUT2D eigenvalue weighted by Crippen LogP contribution is -2.56. The van der Waals surface area contributed by atoms with Crippen LogP contribution in [-0.2, 0) is 20.7 Å². The largest absolute Gasteiger partial charge is 0.479 e. The summed E-state index contributed by atoms with van der Waals surface area (Å²) in [5.41, 5.74) is -0.430. The van der Waals surface area contributed by atoms with Crippen molar-refractivity contribution in [2.24, 2.45) is 5.92 Å². The third kappa shape index (κ3) is 3.54. The second kappa shape index (κ2) is 6.45. The fourth-order valence-electron chi connectivity index (χ4n) is 2.33. The number of carbonyl (C=O) groups excluding carboxylic acids is 1. The van der Waals surface area contributed by atoms with Crippen molar-refractivity contribution in [2.45, 2.75) is 25.3 Å². The number of ether oxygens (including phenoxy) is 1. The Labute approximate surface area is 128 Å². The summed E-state index contributed by atoms with van der Waals surface area (Å²) in [6.45, 7) is 2.10. The first-order chi connectivity index (χ1) is 9.94. The van der Waals surface area contributed by atoms with Crippen LogP contribution in [0.3, 0.4) is 0 Å². The van der Waals surface area contributed by atoms with E-state index in [-0.39, 0.29) is 24.9 Å². The van der Waals surface area contributed by atoms with Crippen molar-refractivity contribution < 1.29 is 19.4 Å². The summed E-state index contributed by atoms with van der Waals surface area (Å²) >= 11 is 6.08. The molecule has 2 rings (SSSR count). The SMILES string of the molecule is CC(Cc1ccccc1Cl)C(=O)NC1(C(=O)O)CCOC1. The van der Waals surface area contributed by atoms with Crippen molar-refractivity contribution in [3.63, 3.8) is 0 Å². The summed E-state index contributed by atoms with van der Waals surface area (Å²) < 4.78 is 5.12. The zero-order chi connectivity index (χ0) is 15.5. The van der Waals surface area contributed by atoms with Crippen molar-refractivity contribution in [3.05, 3.63) is 34.9 Å². The Kier molecular flexibility index (Phi) is 4.85. The Morgan fingerprint density at radius 3 is 2.76 bits per heavy atom. The lowest BCUT2D eigenvalue weighted by molar-refractivity contribution is -0.148. The van der Waals surface area contributed by atoms with E-state index in [0.29, 0.717) is 18.1 Å². The molecule has 1 aliphatic heterocycles. The fourth-order valence-corrected chi connectivity index (χ4v) is 2.54. The molecule has 0 bridgehead atoms. The quantitative estimate of drug-likeness (QED) is 0.870. The molecule has 0 aromatic heterocycles. The number of rotatable bonds is 5. The number of carbonyl (C=O) groups is 2. The minimum absolute atomic E-state index is 0.00683. The third-order valence-corrected chi connectivity index (χ3v) is 4.09. The Morgan fingerprint density at radius 1 is 1.48 bits per heavy atom. The van der Waals surface area contributed by atoms with Crippen molar-refractivity contribution in [1.29, 1.82) is 0 Å². The standard InChI is InChI=1S/C15H18ClNO4/c1-10(8-11-4-2-3-5-12(11)16)13(18)17-15(14(19)20)6-7-21-9-15/h2-5,10H,6-9H2,1H3,(H,17,18)(H,19,20). The summed E-state index contributed by atoms with van der Waals surface area (Å²) in [4.78, 5) is 23.6. The van der Waals surface area contributed by atoms with Crippen LogP contribution in [0.15, 0.2) is 24.3 Å². The highest BCUT2D eigenvalue weighted by Gasteiger charge is 2.44. The molecule has 2 atom stereocenters. The molecule has 21 heavy (non-hydrogen) atoms. The van der Waals surface area contributed by atoms with Gasteiger partial charge in [-0.05, 0) is 18.1 Å². The Balaban J connectivity index is 2.03. The first kappa shape index (κ1) is 15.8. The number of halogens is 1. The van der Waals surface area contributed by atoms with Gasteiger partial charge in [0.05, 0.1) is 6.61 Å². The van der Waals surface area contributed by atoms with Crippen molar-refractivity contribution in [1.82, 2.24) is 5.32 Å². The van der Waals surface area contributed by atoms with Gasteiger partial charge in [0.25, 0.3) is 0 Å². The van der Waals surface area contributed by atoms with Crippen LogP contribution in [-0.4, -0.2) is 35.7 Å². The number of benzene rings is 1. The maximum atomic E-state index is 12.3. The predicted octanol–water partition coefficient (Wildman–Crippen LogP) is 1.88. The number of nitrogens with one attached hydrogen (secondary N) is 1. The Hall–Kier alpha value is -1.59. The van der Waals surface area contributed by atoms with Gasteiger partial charge < -0.3 is 15.2 Å². The van der Waals surface area contributed by atoms with Gasteiger partial charge in [-0.25, -0.2) is 4.79 Å². The summed E-state index contributed by atoms with van der Waals surface area (Å²) in [5, 5.41) is 12.5. The average Bonchev–Trinajstić information content (AvgIpc) is 2.91. The molecule has 1 heterocycles. The molecule has 2 N–H and O–H groups in total. The highest BCUT2D eigenvalue weighted by molar-refractivity contribution is 6.31. The van der Waals surface area contributed by atoms with Gasteiger partial charge in [-0.2, -0.15) is 0 Å². The van der Waals surface area contributed by atoms with E-state index in [0.717, 1.165) is 5.56 Å². The van der Waals surface area contributed by atoms with E-state index in [4.69, 9.17) is 16.3 Å². The lowest BCUT2D eigenvalue weighted by Gasteiger charge is -2.25. The van der Waals surface area contributed by atoms with Gasteiger partial charge in [0.1, 0.15) is 0 Å². The van der Waals surface area contributed by atoms with Gasteiger partial charge in [-0.15, -0.1) is 0 Å². The third-order valence-electron chi connectivity index (χ3n) is 3.73. The van der Waals surface area contributed by atoms with Crippen LogP contribution in [0.1, 0.15) is 18.9 Å². The maximum Gasteiger partial charge on any atom is 0.331 e. The predicted molar refractivity (Wildman–Crippen MR) is 78.3 cm³/mol. The van der Waals surface area contributed by atoms with Crippen LogP contribution >= 0.6 is 11.6 Å². The number of hydrogen-bond acceptors (Lipinski definition) is 3. The van der Waals surface area contributed by atoms with Crippen LogP contribution in [0.5, 0.6) is 0 Å². The van der Waals surface area contributed by atoms with E-state index in [9.17, 15) is 14.7 Å². The van der Waals surface area contributed by atoms with Crippen LogP contribution in [0, 0.1) is 5.92 Å². The molecule has 0 aliphatic carbocycles. The van der Waals surface area contributed by atoms with Gasteiger partial charge in [0.15, 0.2) is 5.54 Å². The zero-order valence-electron chi connectivity index (χ0n) is 11.8. The zero-order valence-corrected chi connectivity index (χ0v) is 12.5. The van der Waals surface area contributed by atoms with E-state index in [2.05, 4.69) is 5.32 Å². The molecular weight excluding hydrogens is 294 g/mol. The van der Waals surface area contributed by atoms with E-state index in [1.54, 1.807) is 13.0 Å². The van der Waals surface area contributed by atoms with Gasteiger partial charge in [-0.1, -0.05) is 36.7 Å². The second-order valence-electron chi connectivity index (χ2n) is 5.38. The van der Waals surface area contributed by atoms with E-state index in [1.807, 2.05) is 18.2 Å². The summed E-state index contributed by atoms with van der Waals surface area (Å²) in [6.07, 6.45) is 0.745. The highest BCUT2D eigenvalue weighted by atomic mass is 35.5. The number of hydrogen-bond donors (Lipinski definition) is 2. The van der Waals surface area contributed by atoms with Crippen LogP contribution in [0.25, 0.3) is 0 Å². The smallest absolute Gasteiger partial charge is 0.331 e. The molecule has 114 valence electrons. The van der Waals surface area contributed by atoms with E-state index in [1.165, 1.54) is 0 Å². The van der Waals surface area contributed by atoms with Crippen molar-refractivity contribution in [3.8, 4) is 0 Å². The van der Waals surface area contributed by atoms with Gasteiger partial charge in [0, 0.05) is 24.0 Å². The molecule has 0 radical (unpaired) electrons. The Bertz CT molecular complexity index is 540. The fraction of sp³-hybridized carbons (Fsp3) is 0.467. The Morgan fingerprint density at radius 2 is 2.19 bits per heavy atom. The maximum absolute atomic E-state index is 12.3. The normalized spacial score (nSPS) is 22.8. The molecule has 1 aromatic rings. The molecule has 1 saturated heterocycles. The highest BCUT2D eigenvalue weighted by Crippen LogP contribution is 2.22. The molecule has 1 aromatic carbocycles. The summed E-state index contributed by atoms with van der Waals surface area (Å²) in [7, 11) is 0. The second-order valence-corrected chi connectivity index (χ2v) is 5.78. The van der Waals surface area contributed by atoms with Gasteiger partial charge >= 0.3 is 5.97 Å². The number of aliphatic carboxylic acids is 1.